The van der Waals surface area contributed by atoms with E-state index in [0.29, 0.717) is 24.5 Å². The molecule has 1 fully saturated rings. The Bertz CT molecular complexity index is 985. The van der Waals surface area contributed by atoms with Crippen LogP contribution in [0.15, 0.2) is 60.8 Å². The molecular weight excluding hydrogens is 379 g/mol. The van der Waals surface area contributed by atoms with Crippen LogP contribution in [0.4, 0.5) is 4.39 Å². The minimum absolute atomic E-state index is 0.0801. The van der Waals surface area contributed by atoms with Gasteiger partial charge in [0, 0.05) is 36.0 Å². The maximum Gasteiger partial charge on any atom is 0.162 e. The number of hydrogen-bond acceptors (Lipinski definition) is 4. The lowest BCUT2D eigenvalue weighted by molar-refractivity contribution is 0.0961. The minimum atomic E-state index is -0.312. The molecule has 1 aliphatic heterocycles. The average Bonchev–Trinajstić information content (AvgIpc) is 2.78. The molecule has 0 amide bonds. The Morgan fingerprint density at radius 3 is 2.83 bits per heavy atom. The van der Waals surface area contributed by atoms with E-state index in [9.17, 15) is 9.18 Å². The molecule has 0 bridgehead atoms. The second-order valence-electron chi connectivity index (χ2n) is 7.98. The predicted molar refractivity (Wildman–Crippen MR) is 116 cm³/mol. The highest BCUT2D eigenvalue weighted by Gasteiger charge is 2.21. The maximum absolute atomic E-state index is 13.0. The van der Waals surface area contributed by atoms with Crippen LogP contribution in [-0.2, 0) is 0 Å². The van der Waals surface area contributed by atoms with Gasteiger partial charge in [0.15, 0.2) is 5.78 Å². The van der Waals surface area contributed by atoms with Crippen LogP contribution in [0, 0.1) is 11.7 Å². The molecule has 0 aliphatic carbocycles. The fourth-order valence-electron chi connectivity index (χ4n) is 4.14. The standard InChI is InChI=1S/C25H27FN2O2/c26-21-11-9-20(10-12-21)24(29)8-4-16-28-15-3-5-19(17-28)18-30-25-13-14-27-23-7-2-1-6-22(23)25/h1-2,6-7,9-14,19H,3-5,8,15-18H2. The highest BCUT2D eigenvalue weighted by molar-refractivity contribution is 5.95. The van der Waals surface area contributed by atoms with E-state index in [2.05, 4.69) is 9.88 Å². The van der Waals surface area contributed by atoms with E-state index >= 15 is 0 Å². The number of halogens is 1. The van der Waals surface area contributed by atoms with Crippen LogP contribution in [0.3, 0.4) is 0 Å². The second-order valence-corrected chi connectivity index (χ2v) is 7.98. The number of piperidine rings is 1. The normalized spacial score (nSPS) is 17.2. The van der Waals surface area contributed by atoms with Crippen molar-refractivity contribution in [1.82, 2.24) is 9.88 Å². The van der Waals surface area contributed by atoms with Crippen molar-refractivity contribution in [2.75, 3.05) is 26.2 Å². The molecule has 4 nitrogen and oxygen atoms in total. The number of pyridine rings is 1. The summed E-state index contributed by atoms with van der Waals surface area (Å²) in [6, 6.07) is 15.8. The molecule has 3 aromatic rings. The van der Waals surface area contributed by atoms with Crippen LogP contribution >= 0.6 is 0 Å². The summed E-state index contributed by atoms with van der Waals surface area (Å²) in [7, 11) is 0. The third-order valence-corrected chi connectivity index (χ3v) is 5.73. The van der Waals surface area contributed by atoms with Gasteiger partial charge in [-0.25, -0.2) is 4.39 Å². The third-order valence-electron chi connectivity index (χ3n) is 5.73. The molecule has 5 heteroatoms. The van der Waals surface area contributed by atoms with Crippen molar-refractivity contribution in [2.45, 2.75) is 25.7 Å². The number of carbonyl (C=O) groups is 1. The van der Waals surface area contributed by atoms with Crippen molar-refractivity contribution in [1.29, 1.82) is 0 Å². The number of likely N-dealkylation sites (tertiary alicyclic amines) is 1. The molecule has 0 N–H and O–H groups in total. The number of Topliss-reactive ketones (excluding diaryl/α,β-unsaturated/α-hetero) is 1. The molecule has 2 heterocycles. The summed E-state index contributed by atoms with van der Waals surface area (Å²) in [4.78, 5) is 19.1. The van der Waals surface area contributed by atoms with Crippen LogP contribution < -0.4 is 4.74 Å². The minimum Gasteiger partial charge on any atom is -0.492 e. The average molecular weight is 407 g/mol. The highest BCUT2D eigenvalue weighted by atomic mass is 19.1. The van der Waals surface area contributed by atoms with Crippen LogP contribution in [0.2, 0.25) is 0 Å². The molecule has 1 aromatic heterocycles. The van der Waals surface area contributed by atoms with Crippen molar-refractivity contribution in [3.63, 3.8) is 0 Å². The van der Waals surface area contributed by atoms with Gasteiger partial charge in [0.05, 0.1) is 12.1 Å². The predicted octanol–water partition coefficient (Wildman–Crippen LogP) is 5.13. The summed E-state index contributed by atoms with van der Waals surface area (Å²) in [5, 5.41) is 1.05. The van der Waals surface area contributed by atoms with Gasteiger partial charge in [0.1, 0.15) is 11.6 Å². The highest BCUT2D eigenvalue weighted by Crippen LogP contribution is 2.25. The number of fused-ring (bicyclic) bond motifs is 1. The number of ketones is 1. The fraction of sp³-hybridized carbons (Fsp3) is 0.360. The van der Waals surface area contributed by atoms with Crippen molar-refractivity contribution < 1.29 is 13.9 Å². The quantitative estimate of drug-likeness (QED) is 0.487. The Balaban J connectivity index is 1.24. The zero-order valence-corrected chi connectivity index (χ0v) is 17.1. The van der Waals surface area contributed by atoms with Crippen LogP contribution in [0.25, 0.3) is 10.9 Å². The summed E-state index contributed by atoms with van der Waals surface area (Å²) in [5.41, 5.74) is 1.54. The maximum atomic E-state index is 13.0. The number of para-hydroxylation sites is 1. The number of ether oxygens (including phenoxy) is 1. The molecule has 0 spiro atoms. The lowest BCUT2D eigenvalue weighted by Crippen LogP contribution is -2.38. The number of benzene rings is 2. The lowest BCUT2D eigenvalue weighted by Gasteiger charge is -2.32. The van der Waals surface area contributed by atoms with Gasteiger partial charge in [-0.1, -0.05) is 12.1 Å². The topological polar surface area (TPSA) is 42.4 Å². The summed E-state index contributed by atoms with van der Waals surface area (Å²) in [5.74, 6) is 1.14. The number of nitrogens with zero attached hydrogens (tertiary/aromatic N) is 2. The first-order valence-electron chi connectivity index (χ1n) is 10.7. The molecule has 156 valence electrons. The van der Waals surface area contributed by atoms with E-state index in [-0.39, 0.29) is 11.6 Å². The van der Waals surface area contributed by atoms with E-state index in [0.717, 1.165) is 55.5 Å². The Labute approximate surface area is 176 Å². The Kier molecular flexibility index (Phi) is 6.70. The molecule has 1 saturated heterocycles. The Morgan fingerprint density at radius 1 is 1.13 bits per heavy atom. The van der Waals surface area contributed by atoms with Crippen LogP contribution in [-0.4, -0.2) is 41.9 Å². The first-order chi connectivity index (χ1) is 14.7. The molecule has 4 rings (SSSR count). The summed E-state index contributed by atoms with van der Waals surface area (Å²) < 4.78 is 19.2. The summed E-state index contributed by atoms with van der Waals surface area (Å²) in [6.07, 6.45) is 5.42. The first-order valence-corrected chi connectivity index (χ1v) is 10.7. The number of rotatable bonds is 8. The van der Waals surface area contributed by atoms with Crippen molar-refractivity contribution in [3.8, 4) is 5.75 Å². The summed E-state index contributed by atoms with van der Waals surface area (Å²) in [6.45, 7) is 3.66. The monoisotopic (exact) mass is 406 g/mol. The molecule has 30 heavy (non-hydrogen) atoms. The van der Waals surface area contributed by atoms with Gasteiger partial charge in [-0.15, -0.1) is 0 Å². The van der Waals surface area contributed by atoms with Gasteiger partial charge in [-0.2, -0.15) is 0 Å². The zero-order valence-electron chi connectivity index (χ0n) is 17.1. The molecule has 0 radical (unpaired) electrons. The lowest BCUT2D eigenvalue weighted by atomic mass is 9.98. The molecule has 1 unspecified atom stereocenters. The molecule has 0 saturated carbocycles. The number of carbonyl (C=O) groups excluding carboxylic acids is 1. The number of hydrogen-bond donors (Lipinski definition) is 0. The van der Waals surface area contributed by atoms with E-state index in [1.54, 1.807) is 18.3 Å². The fourth-order valence-corrected chi connectivity index (χ4v) is 4.14. The van der Waals surface area contributed by atoms with E-state index < -0.39 is 0 Å². The summed E-state index contributed by atoms with van der Waals surface area (Å²) >= 11 is 0. The largest absolute Gasteiger partial charge is 0.492 e. The Morgan fingerprint density at radius 2 is 1.97 bits per heavy atom. The van der Waals surface area contributed by atoms with E-state index in [4.69, 9.17) is 4.74 Å². The SMILES string of the molecule is O=C(CCCN1CCCC(COc2ccnc3ccccc23)C1)c1ccc(F)cc1. The van der Waals surface area contributed by atoms with Crippen LogP contribution in [0.5, 0.6) is 5.75 Å². The van der Waals surface area contributed by atoms with Crippen molar-refractivity contribution in [2.24, 2.45) is 5.92 Å². The molecular formula is C25H27FN2O2. The molecule has 2 aromatic carbocycles. The van der Waals surface area contributed by atoms with E-state index in [1.807, 2.05) is 30.3 Å². The number of aromatic nitrogens is 1. The van der Waals surface area contributed by atoms with Gasteiger partial charge in [-0.3, -0.25) is 9.78 Å². The smallest absolute Gasteiger partial charge is 0.162 e. The van der Waals surface area contributed by atoms with Gasteiger partial charge >= 0.3 is 0 Å². The zero-order chi connectivity index (χ0) is 20.8. The van der Waals surface area contributed by atoms with Crippen LogP contribution in [0.1, 0.15) is 36.0 Å². The molecule has 1 atom stereocenters. The van der Waals surface area contributed by atoms with Gasteiger partial charge in [-0.05, 0) is 74.8 Å². The van der Waals surface area contributed by atoms with Gasteiger partial charge < -0.3 is 9.64 Å². The third kappa shape index (κ3) is 5.22. The van der Waals surface area contributed by atoms with Gasteiger partial charge in [0.25, 0.3) is 0 Å². The first kappa shape index (κ1) is 20.5. The van der Waals surface area contributed by atoms with E-state index in [1.165, 1.54) is 12.1 Å². The Hall–Kier alpha value is -2.79. The van der Waals surface area contributed by atoms with Gasteiger partial charge in [0.2, 0.25) is 0 Å². The molecule has 1 aliphatic rings. The van der Waals surface area contributed by atoms with Crippen molar-refractivity contribution in [3.05, 3.63) is 72.2 Å². The second kappa shape index (κ2) is 9.81. The van der Waals surface area contributed by atoms with Crippen molar-refractivity contribution >= 4 is 16.7 Å².